The van der Waals surface area contributed by atoms with Crippen LogP contribution in [0.3, 0.4) is 0 Å². The summed E-state index contributed by atoms with van der Waals surface area (Å²) in [6.07, 6.45) is 1.18. The van der Waals surface area contributed by atoms with E-state index in [2.05, 4.69) is 0 Å². The second-order valence-electron chi connectivity index (χ2n) is 8.67. The second kappa shape index (κ2) is 13.6. The first kappa shape index (κ1) is 28.7. The summed E-state index contributed by atoms with van der Waals surface area (Å²) in [6, 6.07) is 0. The third-order valence-electron chi connectivity index (χ3n) is 4.59. The first-order valence-corrected chi connectivity index (χ1v) is 13.6. The van der Waals surface area contributed by atoms with E-state index in [1.807, 2.05) is 27.7 Å². The van der Waals surface area contributed by atoms with Crippen LogP contribution in [0.2, 0.25) is 0 Å². The molecule has 34 heavy (non-hydrogen) atoms. The molecule has 0 aromatic rings. The van der Waals surface area contributed by atoms with Crippen molar-refractivity contribution in [1.82, 2.24) is 9.80 Å². The van der Waals surface area contributed by atoms with E-state index in [1.165, 1.54) is 9.80 Å². The van der Waals surface area contributed by atoms with Gasteiger partial charge in [-0.05, 0) is 24.7 Å². The minimum atomic E-state index is -0.358. The highest BCUT2D eigenvalue weighted by atomic mass is 32.2. The van der Waals surface area contributed by atoms with E-state index in [9.17, 15) is 19.2 Å². The van der Waals surface area contributed by atoms with E-state index in [0.29, 0.717) is 34.7 Å². The monoisotopic (exact) mass is 546 g/mol. The molecule has 0 N–H and O–H groups in total. The number of carbonyl (C=O) groups excluding carboxylic acids is 4. The Labute approximate surface area is 219 Å². The van der Waals surface area contributed by atoms with Gasteiger partial charge in [-0.2, -0.15) is 0 Å². The molecule has 2 amide bonds. The minimum Gasteiger partial charge on any atom is -0.465 e. The SMILES string of the molecule is CC(C)COC(=O)CCCN1C(=O)C(=C2SC(=S)N(CCCC(=O)OCC(C)C)C2=O)SC1=S. The minimum absolute atomic E-state index is 0.181. The lowest BCUT2D eigenvalue weighted by Crippen LogP contribution is -2.31. The molecule has 8 nitrogen and oxygen atoms in total. The molecule has 2 fully saturated rings. The van der Waals surface area contributed by atoms with E-state index in [0.717, 1.165) is 23.5 Å². The van der Waals surface area contributed by atoms with Crippen molar-refractivity contribution in [2.24, 2.45) is 11.8 Å². The fraction of sp³-hybridized carbons (Fsp3) is 0.636. The largest absolute Gasteiger partial charge is 0.465 e. The number of carbonyl (C=O) groups is 4. The van der Waals surface area contributed by atoms with Gasteiger partial charge in [0.2, 0.25) is 0 Å². The average Bonchev–Trinajstić information content (AvgIpc) is 3.20. The van der Waals surface area contributed by atoms with Crippen LogP contribution in [-0.2, 0) is 28.7 Å². The molecule has 2 saturated heterocycles. The van der Waals surface area contributed by atoms with Gasteiger partial charge in [0.25, 0.3) is 11.8 Å². The first-order chi connectivity index (χ1) is 16.0. The van der Waals surface area contributed by atoms with Crippen LogP contribution in [0.15, 0.2) is 9.81 Å². The summed E-state index contributed by atoms with van der Waals surface area (Å²) in [5.74, 6) is -0.825. The molecule has 0 aromatic carbocycles. The molecular weight excluding hydrogens is 517 g/mol. The first-order valence-electron chi connectivity index (χ1n) is 11.1. The summed E-state index contributed by atoms with van der Waals surface area (Å²) in [6.45, 7) is 9.08. The van der Waals surface area contributed by atoms with Crippen LogP contribution in [0.25, 0.3) is 0 Å². The third kappa shape index (κ3) is 8.31. The highest BCUT2D eigenvalue weighted by Crippen LogP contribution is 2.42. The molecule has 2 aliphatic rings. The van der Waals surface area contributed by atoms with Gasteiger partial charge in [-0.25, -0.2) is 0 Å². The standard InChI is InChI=1S/C22H30N2O6S4/c1-13(2)11-29-15(25)7-5-9-23-19(27)17(33-21(23)31)18-20(28)24(22(32)34-18)10-6-8-16(26)30-12-14(3)4/h13-14H,5-12H2,1-4H3. The molecule has 0 saturated carbocycles. The summed E-state index contributed by atoms with van der Waals surface area (Å²) in [4.78, 5) is 52.8. The van der Waals surface area contributed by atoms with Crippen LogP contribution in [0.5, 0.6) is 0 Å². The topological polar surface area (TPSA) is 93.2 Å². The fourth-order valence-corrected chi connectivity index (χ4v) is 5.65. The molecule has 0 aromatic heterocycles. The Balaban J connectivity index is 1.90. The highest BCUT2D eigenvalue weighted by molar-refractivity contribution is 8.29. The number of nitrogens with zero attached hydrogens (tertiary/aromatic N) is 2. The number of esters is 2. The number of rotatable bonds is 12. The Hall–Kier alpha value is -1.50. The maximum absolute atomic E-state index is 12.9. The van der Waals surface area contributed by atoms with Crippen molar-refractivity contribution < 1.29 is 28.7 Å². The summed E-state index contributed by atoms with van der Waals surface area (Å²) in [5, 5.41) is 0. The summed E-state index contributed by atoms with van der Waals surface area (Å²) >= 11 is 12.8. The van der Waals surface area contributed by atoms with Crippen LogP contribution in [0, 0.1) is 11.8 Å². The Morgan fingerprint density at radius 2 is 1.12 bits per heavy atom. The number of thiocarbonyl (C=S) groups is 2. The van der Waals surface area contributed by atoms with Crippen LogP contribution in [-0.4, -0.2) is 68.5 Å². The van der Waals surface area contributed by atoms with E-state index in [1.54, 1.807) is 0 Å². The van der Waals surface area contributed by atoms with Crippen LogP contribution in [0.1, 0.15) is 53.4 Å². The van der Waals surface area contributed by atoms with Crippen molar-refractivity contribution in [2.45, 2.75) is 53.4 Å². The van der Waals surface area contributed by atoms with E-state index in [4.69, 9.17) is 33.9 Å². The smallest absolute Gasteiger partial charge is 0.305 e. The molecule has 2 rings (SSSR count). The van der Waals surface area contributed by atoms with Gasteiger partial charge in [0.15, 0.2) is 0 Å². The molecule has 12 heteroatoms. The lowest BCUT2D eigenvalue weighted by Gasteiger charge is -2.14. The van der Waals surface area contributed by atoms with E-state index >= 15 is 0 Å². The second-order valence-corrected chi connectivity index (χ2v) is 12.0. The molecule has 0 aliphatic carbocycles. The zero-order valence-electron chi connectivity index (χ0n) is 19.8. The van der Waals surface area contributed by atoms with Crippen molar-refractivity contribution in [3.8, 4) is 0 Å². The number of hydrogen-bond donors (Lipinski definition) is 0. The molecule has 0 spiro atoms. The molecule has 0 unspecified atom stereocenters. The maximum Gasteiger partial charge on any atom is 0.305 e. The Morgan fingerprint density at radius 3 is 1.44 bits per heavy atom. The molecule has 0 bridgehead atoms. The number of amides is 2. The van der Waals surface area contributed by atoms with Gasteiger partial charge in [0.05, 0.1) is 23.0 Å². The molecule has 2 aliphatic heterocycles. The lowest BCUT2D eigenvalue weighted by atomic mass is 10.2. The number of ether oxygens (including phenoxy) is 2. The molecular formula is C22H30N2O6S4. The quantitative estimate of drug-likeness (QED) is 0.204. The Morgan fingerprint density at radius 1 is 0.765 bits per heavy atom. The normalized spacial score (nSPS) is 18.6. The van der Waals surface area contributed by atoms with Gasteiger partial charge in [-0.3, -0.25) is 29.0 Å². The van der Waals surface area contributed by atoms with E-state index in [-0.39, 0.29) is 71.3 Å². The van der Waals surface area contributed by atoms with Gasteiger partial charge < -0.3 is 9.47 Å². The van der Waals surface area contributed by atoms with Gasteiger partial charge in [0.1, 0.15) is 8.64 Å². The van der Waals surface area contributed by atoms with Crippen LogP contribution >= 0.6 is 48.0 Å². The predicted octanol–water partition coefficient (Wildman–Crippen LogP) is 3.88. The van der Waals surface area contributed by atoms with E-state index < -0.39 is 0 Å². The predicted molar refractivity (Wildman–Crippen MR) is 141 cm³/mol. The van der Waals surface area contributed by atoms with Gasteiger partial charge in [-0.15, -0.1) is 0 Å². The van der Waals surface area contributed by atoms with Gasteiger partial charge in [-0.1, -0.05) is 75.7 Å². The summed E-state index contributed by atoms with van der Waals surface area (Å²) in [5.41, 5.74) is 0. The van der Waals surface area contributed by atoms with Crippen molar-refractivity contribution in [3.63, 3.8) is 0 Å². The average molecular weight is 547 g/mol. The maximum atomic E-state index is 12.9. The highest BCUT2D eigenvalue weighted by Gasteiger charge is 2.41. The lowest BCUT2D eigenvalue weighted by molar-refractivity contribution is -0.145. The van der Waals surface area contributed by atoms with Crippen molar-refractivity contribution in [2.75, 3.05) is 26.3 Å². The number of thioether (sulfide) groups is 2. The van der Waals surface area contributed by atoms with Crippen molar-refractivity contribution in [1.29, 1.82) is 0 Å². The van der Waals surface area contributed by atoms with Crippen molar-refractivity contribution in [3.05, 3.63) is 9.81 Å². The van der Waals surface area contributed by atoms with Crippen LogP contribution in [0.4, 0.5) is 0 Å². The molecule has 0 radical (unpaired) electrons. The summed E-state index contributed by atoms with van der Waals surface area (Å²) < 4.78 is 11.0. The van der Waals surface area contributed by atoms with Crippen LogP contribution < -0.4 is 0 Å². The third-order valence-corrected chi connectivity index (χ3v) is 7.61. The Bertz CT molecular complexity index is 817. The Kier molecular flexibility index (Phi) is 11.5. The molecule has 2 heterocycles. The van der Waals surface area contributed by atoms with Gasteiger partial charge >= 0.3 is 11.9 Å². The van der Waals surface area contributed by atoms with Gasteiger partial charge in [0, 0.05) is 25.9 Å². The zero-order chi connectivity index (χ0) is 25.4. The fourth-order valence-electron chi connectivity index (χ4n) is 2.88. The zero-order valence-corrected chi connectivity index (χ0v) is 23.1. The molecule has 0 atom stereocenters. The van der Waals surface area contributed by atoms with Crippen molar-refractivity contribution >= 4 is 80.4 Å². The summed E-state index contributed by atoms with van der Waals surface area (Å²) in [7, 11) is 0. The number of hydrogen-bond acceptors (Lipinski definition) is 10. The molecule has 188 valence electrons.